The fraction of sp³-hybridized carbons (Fsp3) is 0.118. The summed E-state index contributed by atoms with van der Waals surface area (Å²) < 4.78 is 10.7. The van der Waals surface area contributed by atoms with Crippen molar-refractivity contribution >= 4 is 23.3 Å². The summed E-state index contributed by atoms with van der Waals surface area (Å²) in [6.07, 6.45) is 1.55. The second-order valence-electron chi connectivity index (χ2n) is 5.13. The number of methoxy groups -OCH3 is 1. The van der Waals surface area contributed by atoms with Gasteiger partial charge in [-0.2, -0.15) is 0 Å². The van der Waals surface area contributed by atoms with E-state index in [2.05, 4.69) is 0 Å². The highest BCUT2D eigenvalue weighted by atomic mass is 16.6. The molecule has 2 aromatic rings. The summed E-state index contributed by atoms with van der Waals surface area (Å²) >= 11 is 0. The van der Waals surface area contributed by atoms with Gasteiger partial charge in [0.05, 0.1) is 17.6 Å². The van der Waals surface area contributed by atoms with Crippen LogP contribution < -0.4 is 4.74 Å². The minimum absolute atomic E-state index is 0.0741. The van der Waals surface area contributed by atoms with Crippen molar-refractivity contribution in [2.24, 2.45) is 0 Å². The maximum absolute atomic E-state index is 12.1. The Bertz CT molecular complexity index is 854. The standard InChI is InChI=1S/C17H13NO5/c1-10-3-5-13-14(17(19)22-2)9-11-8-12(18(20)21)4-6-15(11)23-16(13)7-10/h3-9H,1-2H3. The van der Waals surface area contributed by atoms with Crippen LogP contribution in [0, 0.1) is 17.0 Å². The van der Waals surface area contributed by atoms with Crippen LogP contribution in [0.15, 0.2) is 36.4 Å². The molecule has 1 heterocycles. The van der Waals surface area contributed by atoms with Crippen LogP contribution in [-0.4, -0.2) is 18.0 Å². The van der Waals surface area contributed by atoms with E-state index in [4.69, 9.17) is 9.47 Å². The van der Waals surface area contributed by atoms with Crippen LogP contribution in [0.4, 0.5) is 5.69 Å². The number of fused-ring (bicyclic) bond motifs is 2. The minimum atomic E-state index is -0.530. The summed E-state index contributed by atoms with van der Waals surface area (Å²) in [5.74, 6) is 0.425. The molecule has 0 bridgehead atoms. The molecule has 0 aliphatic carbocycles. The number of ether oxygens (including phenoxy) is 2. The third-order valence-corrected chi connectivity index (χ3v) is 3.56. The molecule has 1 aliphatic rings. The van der Waals surface area contributed by atoms with E-state index in [-0.39, 0.29) is 5.69 Å². The van der Waals surface area contributed by atoms with Gasteiger partial charge in [0.25, 0.3) is 5.69 Å². The molecule has 0 radical (unpaired) electrons. The Hall–Kier alpha value is -3.15. The Morgan fingerprint density at radius 2 is 1.96 bits per heavy atom. The predicted octanol–water partition coefficient (Wildman–Crippen LogP) is 3.72. The largest absolute Gasteiger partial charge is 0.465 e. The van der Waals surface area contributed by atoms with E-state index in [1.54, 1.807) is 12.1 Å². The summed E-state index contributed by atoms with van der Waals surface area (Å²) in [6.45, 7) is 1.91. The number of hydrogen-bond acceptors (Lipinski definition) is 5. The average molecular weight is 311 g/mol. The van der Waals surface area contributed by atoms with Crippen molar-refractivity contribution in [1.82, 2.24) is 0 Å². The van der Waals surface area contributed by atoms with E-state index in [0.29, 0.717) is 28.2 Å². The molecule has 0 saturated carbocycles. The average Bonchev–Trinajstić information content (AvgIpc) is 2.69. The normalized spacial score (nSPS) is 12.2. The Labute approximate surface area is 132 Å². The van der Waals surface area contributed by atoms with Gasteiger partial charge < -0.3 is 9.47 Å². The van der Waals surface area contributed by atoms with Crippen LogP contribution in [-0.2, 0) is 9.53 Å². The first-order valence-electron chi connectivity index (χ1n) is 6.87. The summed E-state index contributed by atoms with van der Waals surface area (Å²) in [4.78, 5) is 22.6. The van der Waals surface area contributed by atoms with E-state index in [1.807, 2.05) is 19.1 Å². The number of nitrogens with zero attached hydrogens (tertiary/aromatic N) is 1. The molecular formula is C17H13NO5. The summed E-state index contributed by atoms with van der Waals surface area (Å²) in [6, 6.07) is 9.70. The van der Waals surface area contributed by atoms with Gasteiger partial charge in [-0.25, -0.2) is 4.79 Å². The zero-order valence-electron chi connectivity index (χ0n) is 12.5. The van der Waals surface area contributed by atoms with E-state index >= 15 is 0 Å². The maximum Gasteiger partial charge on any atom is 0.338 e. The van der Waals surface area contributed by atoms with Gasteiger partial charge in [0, 0.05) is 23.3 Å². The van der Waals surface area contributed by atoms with E-state index in [0.717, 1.165) is 5.56 Å². The summed E-state index contributed by atoms with van der Waals surface area (Å²) in [7, 11) is 1.29. The van der Waals surface area contributed by atoms with Gasteiger partial charge in [0.1, 0.15) is 11.5 Å². The van der Waals surface area contributed by atoms with E-state index in [1.165, 1.54) is 25.3 Å². The number of carbonyl (C=O) groups excluding carboxylic acids is 1. The molecule has 0 fully saturated rings. The molecule has 0 aromatic heterocycles. The van der Waals surface area contributed by atoms with Crippen molar-refractivity contribution in [2.45, 2.75) is 6.92 Å². The number of rotatable bonds is 2. The lowest BCUT2D eigenvalue weighted by Gasteiger charge is -2.11. The van der Waals surface area contributed by atoms with Gasteiger partial charge in [-0.05, 0) is 30.7 Å². The zero-order chi connectivity index (χ0) is 16.6. The van der Waals surface area contributed by atoms with Crippen molar-refractivity contribution in [3.05, 3.63) is 63.2 Å². The SMILES string of the molecule is COC(=O)C1=Cc2cc([N+](=O)[O-])ccc2Oc2cc(C)ccc21. The number of nitro benzene ring substituents is 1. The number of carbonyl (C=O) groups is 1. The van der Waals surface area contributed by atoms with Gasteiger partial charge in [-0.15, -0.1) is 0 Å². The van der Waals surface area contributed by atoms with E-state index in [9.17, 15) is 14.9 Å². The lowest BCUT2D eigenvalue weighted by Crippen LogP contribution is -2.04. The van der Waals surface area contributed by atoms with Crippen LogP contribution in [0.1, 0.15) is 16.7 Å². The number of benzene rings is 2. The lowest BCUT2D eigenvalue weighted by molar-refractivity contribution is -0.384. The number of hydrogen-bond donors (Lipinski definition) is 0. The zero-order valence-corrected chi connectivity index (χ0v) is 12.5. The van der Waals surface area contributed by atoms with Crippen molar-refractivity contribution in [3.63, 3.8) is 0 Å². The highest BCUT2D eigenvalue weighted by Crippen LogP contribution is 2.40. The molecule has 6 heteroatoms. The molecule has 6 nitrogen and oxygen atoms in total. The molecule has 0 amide bonds. The topological polar surface area (TPSA) is 78.7 Å². The minimum Gasteiger partial charge on any atom is -0.465 e. The molecule has 0 unspecified atom stereocenters. The Kier molecular flexibility index (Phi) is 3.57. The number of esters is 1. The van der Waals surface area contributed by atoms with Gasteiger partial charge in [-0.3, -0.25) is 10.1 Å². The van der Waals surface area contributed by atoms with Crippen molar-refractivity contribution < 1.29 is 19.2 Å². The van der Waals surface area contributed by atoms with Crippen molar-refractivity contribution in [2.75, 3.05) is 7.11 Å². The Balaban J connectivity index is 2.25. The highest BCUT2D eigenvalue weighted by molar-refractivity contribution is 6.22. The molecule has 23 heavy (non-hydrogen) atoms. The molecule has 0 N–H and O–H groups in total. The number of aryl methyl sites for hydroxylation is 1. The first-order valence-corrected chi connectivity index (χ1v) is 6.87. The maximum atomic E-state index is 12.1. The quantitative estimate of drug-likeness (QED) is 0.480. The van der Waals surface area contributed by atoms with Gasteiger partial charge >= 0.3 is 5.97 Å². The fourth-order valence-corrected chi connectivity index (χ4v) is 2.42. The van der Waals surface area contributed by atoms with Crippen LogP contribution in [0.3, 0.4) is 0 Å². The third kappa shape index (κ3) is 2.66. The lowest BCUT2D eigenvalue weighted by atomic mass is 10.0. The van der Waals surface area contributed by atoms with Crippen LogP contribution in [0.25, 0.3) is 11.6 Å². The predicted molar refractivity (Wildman–Crippen MR) is 84.2 cm³/mol. The molecule has 3 rings (SSSR count). The monoisotopic (exact) mass is 311 g/mol. The summed E-state index contributed by atoms with van der Waals surface area (Å²) in [5, 5.41) is 11.0. The van der Waals surface area contributed by atoms with Crippen LogP contribution >= 0.6 is 0 Å². The number of non-ortho nitro benzene ring substituents is 1. The first kappa shape index (κ1) is 14.8. The van der Waals surface area contributed by atoms with Gasteiger partial charge in [0.15, 0.2) is 0 Å². The fourth-order valence-electron chi connectivity index (χ4n) is 2.42. The van der Waals surface area contributed by atoms with E-state index < -0.39 is 10.9 Å². The molecule has 0 atom stereocenters. The van der Waals surface area contributed by atoms with Crippen molar-refractivity contribution in [1.29, 1.82) is 0 Å². The Morgan fingerprint density at radius 1 is 1.17 bits per heavy atom. The highest BCUT2D eigenvalue weighted by Gasteiger charge is 2.23. The molecule has 116 valence electrons. The summed E-state index contributed by atoms with van der Waals surface area (Å²) in [5.41, 5.74) is 2.23. The Morgan fingerprint density at radius 3 is 2.65 bits per heavy atom. The first-order chi connectivity index (χ1) is 11.0. The van der Waals surface area contributed by atoms with Gasteiger partial charge in [-0.1, -0.05) is 12.1 Å². The van der Waals surface area contributed by atoms with Gasteiger partial charge in [0.2, 0.25) is 0 Å². The second kappa shape index (κ2) is 5.57. The molecule has 0 spiro atoms. The molecule has 0 saturated heterocycles. The third-order valence-electron chi connectivity index (χ3n) is 3.56. The number of nitro groups is 1. The van der Waals surface area contributed by atoms with Crippen LogP contribution in [0.5, 0.6) is 11.5 Å². The van der Waals surface area contributed by atoms with Crippen LogP contribution in [0.2, 0.25) is 0 Å². The van der Waals surface area contributed by atoms with Crippen molar-refractivity contribution in [3.8, 4) is 11.5 Å². The second-order valence-corrected chi connectivity index (χ2v) is 5.13. The molecule has 1 aliphatic heterocycles. The molecule has 2 aromatic carbocycles. The molecular weight excluding hydrogens is 298 g/mol. The smallest absolute Gasteiger partial charge is 0.338 e.